The molecule has 1 aromatic rings. The van der Waals surface area contributed by atoms with Crippen molar-refractivity contribution in [1.29, 1.82) is 0 Å². The van der Waals surface area contributed by atoms with Crippen molar-refractivity contribution in [3.05, 3.63) is 18.0 Å². The maximum atomic E-state index is 12.6. The quantitative estimate of drug-likeness (QED) is 0.885. The maximum absolute atomic E-state index is 12.6. The summed E-state index contributed by atoms with van der Waals surface area (Å²) in [5.74, 6) is 0.180. The SMILES string of the molecule is CCn1cc(C(=O)N2CCC3(CCC(=O)N(CC(C)O)C3)CC2)cn1. The second kappa shape index (κ2) is 7.15. The van der Waals surface area contributed by atoms with Crippen LogP contribution in [0.4, 0.5) is 0 Å². The molecular formula is C18H28N4O3. The summed E-state index contributed by atoms with van der Waals surface area (Å²) in [6, 6.07) is 0. The molecule has 0 aliphatic carbocycles. The molecule has 1 unspecified atom stereocenters. The van der Waals surface area contributed by atoms with Gasteiger partial charge in [-0.3, -0.25) is 14.3 Å². The summed E-state index contributed by atoms with van der Waals surface area (Å²) in [4.78, 5) is 28.4. The van der Waals surface area contributed by atoms with Gasteiger partial charge in [-0.15, -0.1) is 0 Å². The minimum absolute atomic E-state index is 0.0438. The number of aliphatic hydroxyl groups is 1. The van der Waals surface area contributed by atoms with Crippen LogP contribution >= 0.6 is 0 Å². The molecule has 0 saturated carbocycles. The van der Waals surface area contributed by atoms with Gasteiger partial charge in [0, 0.05) is 45.3 Å². The Balaban J connectivity index is 1.60. The van der Waals surface area contributed by atoms with Crippen molar-refractivity contribution in [2.24, 2.45) is 5.41 Å². The van der Waals surface area contributed by atoms with Crippen molar-refractivity contribution in [2.75, 3.05) is 26.2 Å². The fraction of sp³-hybridized carbons (Fsp3) is 0.722. The molecule has 7 heteroatoms. The molecule has 3 heterocycles. The second-order valence-corrected chi connectivity index (χ2v) is 7.50. The molecule has 1 N–H and O–H groups in total. The Labute approximate surface area is 148 Å². The number of likely N-dealkylation sites (tertiary alicyclic amines) is 2. The summed E-state index contributed by atoms with van der Waals surface area (Å²) in [7, 11) is 0. The molecule has 7 nitrogen and oxygen atoms in total. The second-order valence-electron chi connectivity index (χ2n) is 7.50. The summed E-state index contributed by atoms with van der Waals surface area (Å²) in [5.41, 5.74) is 0.736. The van der Waals surface area contributed by atoms with Crippen LogP contribution in [0.15, 0.2) is 12.4 Å². The predicted octanol–water partition coefficient (Wildman–Crippen LogP) is 1.13. The van der Waals surface area contributed by atoms with Crippen LogP contribution in [-0.4, -0.2) is 68.8 Å². The molecule has 3 rings (SSSR count). The number of piperidine rings is 2. The van der Waals surface area contributed by atoms with E-state index < -0.39 is 6.10 Å². The normalized spacial score (nSPS) is 21.6. The number of hydrogen-bond acceptors (Lipinski definition) is 4. The molecule has 0 aromatic carbocycles. The number of aromatic nitrogens is 2. The van der Waals surface area contributed by atoms with Crippen LogP contribution in [0.2, 0.25) is 0 Å². The first-order valence-electron chi connectivity index (χ1n) is 9.20. The number of aryl methyl sites for hydroxylation is 1. The molecule has 138 valence electrons. The molecule has 2 amide bonds. The number of nitrogens with zero attached hydrogens (tertiary/aromatic N) is 4. The molecule has 2 aliphatic rings. The Hall–Kier alpha value is -1.89. The zero-order valence-corrected chi connectivity index (χ0v) is 15.1. The number of hydrogen-bond donors (Lipinski definition) is 1. The highest BCUT2D eigenvalue weighted by Crippen LogP contribution is 2.40. The summed E-state index contributed by atoms with van der Waals surface area (Å²) < 4.78 is 1.76. The van der Waals surface area contributed by atoms with E-state index in [0.29, 0.717) is 38.2 Å². The average Bonchev–Trinajstić information content (AvgIpc) is 3.07. The average molecular weight is 348 g/mol. The lowest BCUT2D eigenvalue weighted by atomic mass is 9.72. The monoisotopic (exact) mass is 348 g/mol. The third-order valence-electron chi connectivity index (χ3n) is 5.55. The minimum atomic E-state index is -0.504. The van der Waals surface area contributed by atoms with Gasteiger partial charge in [0.2, 0.25) is 5.91 Å². The van der Waals surface area contributed by atoms with Crippen LogP contribution in [0.25, 0.3) is 0 Å². The zero-order valence-electron chi connectivity index (χ0n) is 15.1. The first-order valence-corrected chi connectivity index (χ1v) is 9.20. The highest BCUT2D eigenvalue weighted by atomic mass is 16.3. The van der Waals surface area contributed by atoms with Gasteiger partial charge in [0.05, 0.1) is 17.9 Å². The standard InChI is InChI=1S/C18H28N4O3/c1-3-22-12-15(10-19-22)17(25)20-8-6-18(7-9-20)5-4-16(24)21(13-18)11-14(2)23/h10,12,14,23H,3-9,11,13H2,1-2H3. The molecule has 0 radical (unpaired) electrons. The molecular weight excluding hydrogens is 320 g/mol. The van der Waals surface area contributed by atoms with Gasteiger partial charge in [0.15, 0.2) is 0 Å². The molecule has 0 bridgehead atoms. The Morgan fingerprint density at radius 2 is 2.08 bits per heavy atom. The Morgan fingerprint density at radius 3 is 2.68 bits per heavy atom. The lowest BCUT2D eigenvalue weighted by Crippen LogP contribution is -2.53. The first kappa shape index (κ1) is 17.9. The lowest BCUT2D eigenvalue weighted by molar-refractivity contribution is -0.140. The summed E-state index contributed by atoms with van der Waals surface area (Å²) >= 11 is 0. The van der Waals surface area contributed by atoms with Crippen LogP contribution in [0.5, 0.6) is 0 Å². The highest BCUT2D eigenvalue weighted by molar-refractivity contribution is 5.93. The lowest BCUT2D eigenvalue weighted by Gasteiger charge is -2.47. The van der Waals surface area contributed by atoms with Crippen molar-refractivity contribution < 1.29 is 14.7 Å². The van der Waals surface area contributed by atoms with Crippen molar-refractivity contribution in [2.45, 2.75) is 52.2 Å². The van der Waals surface area contributed by atoms with Gasteiger partial charge in [0.25, 0.3) is 5.91 Å². The first-order chi connectivity index (χ1) is 11.9. The van der Waals surface area contributed by atoms with Crippen molar-refractivity contribution in [3.63, 3.8) is 0 Å². The smallest absolute Gasteiger partial charge is 0.257 e. The molecule has 2 saturated heterocycles. The molecule has 1 atom stereocenters. The Kier molecular flexibility index (Phi) is 5.13. The summed E-state index contributed by atoms with van der Waals surface area (Å²) in [6.07, 6.45) is 6.18. The van der Waals surface area contributed by atoms with E-state index in [1.807, 2.05) is 11.8 Å². The highest BCUT2D eigenvalue weighted by Gasteiger charge is 2.42. The fourth-order valence-corrected chi connectivity index (χ4v) is 4.01. The van der Waals surface area contributed by atoms with E-state index in [1.165, 1.54) is 0 Å². The van der Waals surface area contributed by atoms with Crippen molar-refractivity contribution in [3.8, 4) is 0 Å². The van der Waals surface area contributed by atoms with Gasteiger partial charge < -0.3 is 14.9 Å². The van der Waals surface area contributed by atoms with E-state index in [0.717, 1.165) is 25.8 Å². The summed E-state index contributed by atoms with van der Waals surface area (Å²) in [6.45, 7) is 7.00. The van der Waals surface area contributed by atoms with E-state index in [4.69, 9.17) is 0 Å². The Morgan fingerprint density at radius 1 is 1.36 bits per heavy atom. The van der Waals surface area contributed by atoms with Gasteiger partial charge >= 0.3 is 0 Å². The third-order valence-corrected chi connectivity index (χ3v) is 5.55. The Bertz CT molecular complexity index is 632. The van der Waals surface area contributed by atoms with Gasteiger partial charge in [-0.05, 0) is 38.5 Å². The maximum Gasteiger partial charge on any atom is 0.257 e. The molecule has 2 aliphatic heterocycles. The van der Waals surface area contributed by atoms with Gasteiger partial charge in [-0.1, -0.05) is 0 Å². The van der Waals surface area contributed by atoms with Crippen molar-refractivity contribution >= 4 is 11.8 Å². The van der Waals surface area contributed by atoms with Crippen LogP contribution in [0, 0.1) is 5.41 Å². The van der Waals surface area contributed by atoms with Crippen LogP contribution in [-0.2, 0) is 11.3 Å². The number of amides is 2. The van der Waals surface area contributed by atoms with Crippen molar-refractivity contribution in [1.82, 2.24) is 19.6 Å². The van der Waals surface area contributed by atoms with Gasteiger partial charge in [-0.25, -0.2) is 0 Å². The predicted molar refractivity (Wildman–Crippen MR) is 93.0 cm³/mol. The van der Waals surface area contributed by atoms with Crippen LogP contribution in [0.3, 0.4) is 0 Å². The number of aliphatic hydroxyl groups excluding tert-OH is 1. The number of rotatable bonds is 4. The van der Waals surface area contributed by atoms with Gasteiger partial charge in [-0.2, -0.15) is 5.10 Å². The van der Waals surface area contributed by atoms with E-state index in [1.54, 1.807) is 28.9 Å². The van der Waals surface area contributed by atoms with Gasteiger partial charge in [0.1, 0.15) is 0 Å². The molecule has 2 fully saturated rings. The fourth-order valence-electron chi connectivity index (χ4n) is 4.01. The molecule has 1 aromatic heterocycles. The van der Waals surface area contributed by atoms with Crippen LogP contribution in [0.1, 0.15) is 49.9 Å². The van der Waals surface area contributed by atoms with E-state index in [9.17, 15) is 14.7 Å². The summed E-state index contributed by atoms with van der Waals surface area (Å²) in [5, 5.41) is 13.8. The topological polar surface area (TPSA) is 78.7 Å². The molecule has 1 spiro atoms. The zero-order chi connectivity index (χ0) is 18.0. The van der Waals surface area contributed by atoms with Crippen LogP contribution < -0.4 is 0 Å². The molecule has 25 heavy (non-hydrogen) atoms. The number of carbonyl (C=O) groups is 2. The van der Waals surface area contributed by atoms with E-state index in [-0.39, 0.29) is 17.2 Å². The third kappa shape index (κ3) is 3.86. The number of carbonyl (C=O) groups excluding carboxylic acids is 2. The van der Waals surface area contributed by atoms with E-state index >= 15 is 0 Å². The minimum Gasteiger partial charge on any atom is -0.392 e. The largest absolute Gasteiger partial charge is 0.392 e. The number of β-amino-alcohol motifs (C(OH)–C–C–N with tert-alkyl or cyclic N) is 1. The van der Waals surface area contributed by atoms with E-state index in [2.05, 4.69) is 5.10 Å².